The van der Waals surface area contributed by atoms with Crippen molar-refractivity contribution in [2.24, 2.45) is 0 Å². The fourth-order valence-electron chi connectivity index (χ4n) is 3.48. The Balaban J connectivity index is 1.78. The van der Waals surface area contributed by atoms with Gasteiger partial charge in [-0.1, -0.05) is 11.6 Å². The lowest BCUT2D eigenvalue weighted by molar-refractivity contribution is 0.0500. The van der Waals surface area contributed by atoms with E-state index in [9.17, 15) is 4.79 Å². The van der Waals surface area contributed by atoms with Gasteiger partial charge in [-0.15, -0.1) is 0 Å². The molecule has 2 aromatic rings. The summed E-state index contributed by atoms with van der Waals surface area (Å²) in [4.78, 5) is 18.6. The van der Waals surface area contributed by atoms with Crippen molar-refractivity contribution in [2.75, 3.05) is 18.0 Å². The molecule has 30 heavy (non-hydrogen) atoms. The second-order valence-electron chi connectivity index (χ2n) is 8.36. The predicted octanol–water partition coefficient (Wildman–Crippen LogP) is 4.01. The van der Waals surface area contributed by atoms with E-state index in [0.29, 0.717) is 24.7 Å². The van der Waals surface area contributed by atoms with Crippen LogP contribution in [0.5, 0.6) is 0 Å². The third kappa shape index (κ3) is 5.86. The Bertz CT molecular complexity index is 930. The van der Waals surface area contributed by atoms with Crippen LogP contribution < -0.4 is 10.2 Å². The van der Waals surface area contributed by atoms with E-state index in [1.807, 2.05) is 33.0 Å². The van der Waals surface area contributed by atoms with Gasteiger partial charge in [0.05, 0.1) is 25.2 Å². The maximum atomic E-state index is 12.2. The Morgan fingerprint density at radius 1 is 1.43 bits per heavy atom. The lowest BCUT2D eigenvalue weighted by Crippen LogP contribution is -2.49. The van der Waals surface area contributed by atoms with Gasteiger partial charge in [-0.25, -0.2) is 9.78 Å². The molecule has 1 amide bonds. The highest BCUT2D eigenvalue weighted by molar-refractivity contribution is 6.29. The lowest BCUT2D eigenvalue weighted by atomic mass is 10.0. The summed E-state index contributed by atoms with van der Waals surface area (Å²) in [6, 6.07) is 3.95. The third-order valence-electron chi connectivity index (χ3n) is 4.73. The standard InChI is InChI=1S/C21H27ClN6O2/c1-21(2,3)30-20(29)26-16-6-4-8-27(14-16)18-10-19(22)24-12-17(18)15-11-25-28(13-15)9-5-7-23/h10-13,16H,4-6,8-9,14H2,1-3H3,(H,26,29)/t16-/m0/s1. The number of pyridine rings is 1. The number of ether oxygens (including phenoxy) is 1. The van der Waals surface area contributed by atoms with Gasteiger partial charge in [-0.2, -0.15) is 10.4 Å². The van der Waals surface area contributed by atoms with Crippen LogP contribution in [0.15, 0.2) is 24.7 Å². The number of hydrogen-bond acceptors (Lipinski definition) is 6. The predicted molar refractivity (Wildman–Crippen MR) is 115 cm³/mol. The third-order valence-corrected chi connectivity index (χ3v) is 4.94. The molecule has 9 heteroatoms. The number of aromatic nitrogens is 3. The Hall–Kier alpha value is -2.79. The van der Waals surface area contributed by atoms with Crippen molar-refractivity contribution in [2.45, 2.75) is 58.2 Å². The molecule has 1 atom stereocenters. The Labute approximate surface area is 181 Å². The summed E-state index contributed by atoms with van der Waals surface area (Å²) in [6.07, 6.45) is 7.24. The first-order valence-corrected chi connectivity index (χ1v) is 10.4. The molecule has 1 N–H and O–H groups in total. The molecule has 0 bridgehead atoms. The Morgan fingerprint density at radius 3 is 2.97 bits per heavy atom. The number of aryl methyl sites for hydroxylation is 1. The van der Waals surface area contributed by atoms with Gasteiger partial charge in [0.2, 0.25) is 0 Å². The lowest BCUT2D eigenvalue weighted by Gasteiger charge is -2.36. The summed E-state index contributed by atoms with van der Waals surface area (Å²) in [6.45, 7) is 7.58. The molecule has 3 heterocycles. The van der Waals surface area contributed by atoms with E-state index in [0.717, 1.165) is 36.2 Å². The number of hydrogen-bond donors (Lipinski definition) is 1. The van der Waals surface area contributed by atoms with E-state index in [4.69, 9.17) is 21.6 Å². The van der Waals surface area contributed by atoms with Gasteiger partial charge in [0, 0.05) is 48.3 Å². The maximum absolute atomic E-state index is 12.2. The maximum Gasteiger partial charge on any atom is 0.407 e. The number of alkyl carbamates (subject to hydrolysis) is 1. The molecule has 0 aromatic carbocycles. The molecule has 1 fully saturated rings. The van der Waals surface area contributed by atoms with Crippen molar-refractivity contribution < 1.29 is 9.53 Å². The van der Waals surface area contributed by atoms with E-state index in [2.05, 4.69) is 26.4 Å². The van der Waals surface area contributed by atoms with Crippen molar-refractivity contribution >= 4 is 23.4 Å². The molecule has 0 aliphatic carbocycles. The largest absolute Gasteiger partial charge is 0.444 e. The highest BCUT2D eigenvalue weighted by atomic mass is 35.5. The number of halogens is 1. The zero-order chi connectivity index (χ0) is 21.7. The van der Waals surface area contributed by atoms with Crippen LogP contribution in [-0.4, -0.2) is 45.6 Å². The summed E-state index contributed by atoms with van der Waals surface area (Å²) in [5, 5.41) is 16.5. The van der Waals surface area contributed by atoms with Crippen LogP contribution in [-0.2, 0) is 11.3 Å². The molecule has 1 aliphatic heterocycles. The summed E-state index contributed by atoms with van der Waals surface area (Å²) in [5.74, 6) is 0. The fourth-order valence-corrected chi connectivity index (χ4v) is 3.63. The van der Waals surface area contributed by atoms with Crippen molar-refractivity contribution in [1.29, 1.82) is 5.26 Å². The number of rotatable bonds is 5. The molecule has 2 aromatic heterocycles. The normalized spacial score (nSPS) is 16.8. The molecule has 0 radical (unpaired) electrons. The number of nitriles is 1. The van der Waals surface area contributed by atoms with Crippen LogP contribution in [0.25, 0.3) is 11.1 Å². The monoisotopic (exact) mass is 430 g/mol. The number of piperidine rings is 1. The number of nitrogens with zero attached hydrogens (tertiary/aromatic N) is 5. The van der Waals surface area contributed by atoms with Crippen LogP contribution in [0.4, 0.5) is 10.5 Å². The molecule has 160 valence electrons. The van der Waals surface area contributed by atoms with Crippen molar-refractivity contribution in [3.63, 3.8) is 0 Å². The summed E-state index contributed by atoms with van der Waals surface area (Å²) < 4.78 is 7.14. The van der Waals surface area contributed by atoms with Gasteiger partial charge in [0.15, 0.2) is 0 Å². The zero-order valence-corrected chi connectivity index (χ0v) is 18.3. The number of anilines is 1. The summed E-state index contributed by atoms with van der Waals surface area (Å²) in [5.41, 5.74) is 2.25. The minimum Gasteiger partial charge on any atom is -0.444 e. The quantitative estimate of drug-likeness (QED) is 0.720. The first-order valence-electron chi connectivity index (χ1n) is 10.0. The summed E-state index contributed by atoms with van der Waals surface area (Å²) in [7, 11) is 0. The Kier molecular flexibility index (Phi) is 6.83. The van der Waals surface area contributed by atoms with Crippen LogP contribution >= 0.6 is 11.6 Å². The molecule has 0 unspecified atom stereocenters. The summed E-state index contributed by atoms with van der Waals surface area (Å²) >= 11 is 6.21. The second-order valence-corrected chi connectivity index (χ2v) is 8.74. The van der Waals surface area contributed by atoms with E-state index < -0.39 is 11.7 Å². The molecule has 8 nitrogen and oxygen atoms in total. The average Bonchev–Trinajstić information content (AvgIpc) is 3.13. The molecule has 0 spiro atoms. The molecular weight excluding hydrogens is 404 g/mol. The SMILES string of the molecule is CC(C)(C)OC(=O)N[C@H]1CCCN(c2cc(Cl)ncc2-c2cnn(CCC#N)c2)C1. The van der Waals surface area contributed by atoms with E-state index >= 15 is 0 Å². The van der Waals surface area contributed by atoms with Gasteiger partial charge in [0.1, 0.15) is 10.8 Å². The minimum atomic E-state index is -0.532. The first-order chi connectivity index (χ1) is 14.2. The van der Waals surface area contributed by atoms with E-state index in [-0.39, 0.29) is 6.04 Å². The fraction of sp³-hybridized carbons (Fsp3) is 0.524. The van der Waals surface area contributed by atoms with Gasteiger partial charge in [-0.3, -0.25) is 4.68 Å². The van der Waals surface area contributed by atoms with E-state index in [1.54, 1.807) is 17.1 Å². The Morgan fingerprint density at radius 2 is 2.23 bits per heavy atom. The minimum absolute atomic E-state index is 0.0215. The van der Waals surface area contributed by atoms with Crippen LogP contribution in [0.1, 0.15) is 40.0 Å². The smallest absolute Gasteiger partial charge is 0.407 e. The second kappa shape index (κ2) is 9.35. The molecule has 1 saturated heterocycles. The molecule has 1 aliphatic rings. The van der Waals surface area contributed by atoms with Crippen LogP contribution in [0.2, 0.25) is 5.15 Å². The zero-order valence-electron chi connectivity index (χ0n) is 17.6. The van der Waals surface area contributed by atoms with Crippen molar-refractivity contribution in [1.82, 2.24) is 20.1 Å². The molecular formula is C21H27ClN6O2. The van der Waals surface area contributed by atoms with Gasteiger partial charge >= 0.3 is 6.09 Å². The van der Waals surface area contributed by atoms with Gasteiger partial charge in [0.25, 0.3) is 0 Å². The first kappa shape index (κ1) is 21.9. The highest BCUT2D eigenvalue weighted by Crippen LogP contribution is 2.33. The van der Waals surface area contributed by atoms with Crippen LogP contribution in [0, 0.1) is 11.3 Å². The van der Waals surface area contributed by atoms with Crippen molar-refractivity contribution in [3.8, 4) is 17.2 Å². The van der Waals surface area contributed by atoms with Crippen molar-refractivity contribution in [3.05, 3.63) is 29.8 Å². The number of nitrogens with one attached hydrogen (secondary N) is 1. The van der Waals surface area contributed by atoms with Gasteiger partial charge < -0.3 is 15.0 Å². The van der Waals surface area contributed by atoms with Crippen LogP contribution in [0.3, 0.4) is 0 Å². The van der Waals surface area contributed by atoms with E-state index in [1.165, 1.54) is 0 Å². The number of carbonyl (C=O) groups excluding carboxylic acids is 1. The number of carbonyl (C=O) groups is 1. The number of amides is 1. The van der Waals surface area contributed by atoms with Gasteiger partial charge in [-0.05, 0) is 39.7 Å². The molecule has 0 saturated carbocycles. The highest BCUT2D eigenvalue weighted by Gasteiger charge is 2.26. The average molecular weight is 431 g/mol. The molecule has 3 rings (SSSR count). The topological polar surface area (TPSA) is 96.1 Å².